The first-order valence-electron chi connectivity index (χ1n) is 5.19. The molecule has 1 amide bonds. The Kier molecular flexibility index (Phi) is 4.64. The number of hydroxylamine groups is 3. The lowest BCUT2D eigenvalue weighted by atomic mass is 10.3. The van der Waals surface area contributed by atoms with Crippen LogP contribution in [-0.2, 0) is 9.53 Å². The normalized spacial score (nSPS) is 23.2. The summed E-state index contributed by atoms with van der Waals surface area (Å²) in [6.07, 6.45) is 4.46. The number of alkyl carbamates (subject to hydrolysis) is 1. The van der Waals surface area contributed by atoms with Gasteiger partial charge in [0.15, 0.2) is 0 Å². The molecule has 2 N–H and O–H groups in total. The summed E-state index contributed by atoms with van der Waals surface area (Å²) >= 11 is 0. The fourth-order valence-electron chi connectivity index (χ4n) is 1.40. The SMILES string of the molecule is C=CCOC(=O)NC(C(=O)O)[N+]1([O-])C=CC=CC1. The van der Waals surface area contributed by atoms with Crippen LogP contribution in [0.3, 0.4) is 0 Å². The fourth-order valence-corrected chi connectivity index (χ4v) is 1.40. The first-order chi connectivity index (χ1) is 8.49. The maximum atomic E-state index is 12.2. The van der Waals surface area contributed by atoms with E-state index in [1.165, 1.54) is 18.2 Å². The summed E-state index contributed by atoms with van der Waals surface area (Å²) in [6, 6.07) is 0. The second-order valence-electron chi connectivity index (χ2n) is 3.58. The summed E-state index contributed by atoms with van der Waals surface area (Å²) in [6.45, 7) is 3.21. The highest BCUT2D eigenvalue weighted by Gasteiger charge is 2.35. The van der Waals surface area contributed by atoms with Crippen molar-refractivity contribution in [3.63, 3.8) is 0 Å². The van der Waals surface area contributed by atoms with Crippen molar-refractivity contribution in [2.24, 2.45) is 0 Å². The third-order valence-corrected chi connectivity index (χ3v) is 2.23. The van der Waals surface area contributed by atoms with Crippen LogP contribution in [0.15, 0.2) is 37.1 Å². The molecule has 2 unspecified atom stereocenters. The van der Waals surface area contributed by atoms with Crippen LogP contribution in [0.5, 0.6) is 0 Å². The molecule has 0 spiro atoms. The molecular weight excluding hydrogens is 240 g/mol. The molecule has 0 radical (unpaired) electrons. The molecule has 98 valence electrons. The number of rotatable bonds is 5. The molecule has 1 aliphatic rings. The van der Waals surface area contributed by atoms with Gasteiger partial charge in [-0.05, 0) is 12.2 Å². The lowest BCUT2D eigenvalue weighted by molar-refractivity contribution is -0.844. The number of nitrogens with zero attached hydrogens (tertiary/aromatic N) is 1. The van der Waals surface area contributed by atoms with Crippen LogP contribution in [0.4, 0.5) is 4.79 Å². The molecule has 0 bridgehead atoms. The van der Waals surface area contributed by atoms with Crippen LogP contribution in [0, 0.1) is 5.21 Å². The van der Waals surface area contributed by atoms with Gasteiger partial charge in [0.2, 0.25) is 0 Å². The number of hydrogen-bond acceptors (Lipinski definition) is 4. The zero-order valence-corrected chi connectivity index (χ0v) is 9.61. The highest BCUT2D eigenvalue weighted by molar-refractivity contribution is 5.78. The number of ether oxygens (including phenoxy) is 1. The van der Waals surface area contributed by atoms with Gasteiger partial charge < -0.3 is 19.7 Å². The molecule has 0 aromatic rings. The molecule has 0 saturated heterocycles. The summed E-state index contributed by atoms with van der Waals surface area (Å²) in [4.78, 5) is 22.3. The highest BCUT2D eigenvalue weighted by Crippen LogP contribution is 2.15. The Bertz CT molecular complexity index is 404. The number of hydrogen-bond donors (Lipinski definition) is 2. The van der Waals surface area contributed by atoms with E-state index >= 15 is 0 Å². The Hall–Kier alpha value is -2.12. The van der Waals surface area contributed by atoms with Gasteiger partial charge >= 0.3 is 12.1 Å². The summed E-state index contributed by atoms with van der Waals surface area (Å²) in [7, 11) is 0. The predicted molar refractivity (Wildman–Crippen MR) is 62.9 cm³/mol. The van der Waals surface area contributed by atoms with E-state index in [1.54, 1.807) is 6.08 Å². The van der Waals surface area contributed by atoms with E-state index in [1.807, 2.05) is 5.32 Å². The molecule has 1 aliphatic heterocycles. The minimum atomic E-state index is -1.65. The van der Waals surface area contributed by atoms with Crippen molar-refractivity contribution in [2.45, 2.75) is 6.17 Å². The first-order valence-corrected chi connectivity index (χ1v) is 5.19. The van der Waals surface area contributed by atoms with Crippen LogP contribution in [-0.4, -0.2) is 41.1 Å². The van der Waals surface area contributed by atoms with Crippen LogP contribution in [0.25, 0.3) is 0 Å². The first kappa shape index (κ1) is 13.9. The number of carboxylic acid groups (broad SMARTS) is 1. The van der Waals surface area contributed by atoms with E-state index < -0.39 is 22.9 Å². The Morgan fingerprint density at radius 2 is 2.33 bits per heavy atom. The molecule has 18 heavy (non-hydrogen) atoms. The lowest BCUT2D eigenvalue weighted by Gasteiger charge is -2.43. The van der Waals surface area contributed by atoms with E-state index in [0.717, 1.165) is 6.20 Å². The van der Waals surface area contributed by atoms with Gasteiger partial charge in [-0.3, -0.25) is 5.32 Å². The zero-order valence-electron chi connectivity index (χ0n) is 9.61. The van der Waals surface area contributed by atoms with Gasteiger partial charge in [0.05, 0.1) is 6.20 Å². The van der Waals surface area contributed by atoms with Crippen molar-refractivity contribution in [2.75, 3.05) is 13.2 Å². The zero-order chi connectivity index (χ0) is 13.6. The number of aliphatic carboxylic acids is 1. The average Bonchev–Trinajstić information content (AvgIpc) is 2.33. The number of carbonyl (C=O) groups is 2. The van der Waals surface area contributed by atoms with Crippen molar-refractivity contribution < 1.29 is 24.1 Å². The largest absolute Gasteiger partial charge is 0.626 e. The molecule has 0 aromatic heterocycles. The maximum Gasteiger partial charge on any atom is 0.412 e. The molecular formula is C11H14N2O5. The fraction of sp³-hybridized carbons (Fsp3) is 0.273. The van der Waals surface area contributed by atoms with E-state index in [0.29, 0.717) is 0 Å². The van der Waals surface area contributed by atoms with E-state index in [2.05, 4.69) is 11.3 Å². The van der Waals surface area contributed by atoms with Crippen molar-refractivity contribution in [3.05, 3.63) is 42.3 Å². The Morgan fingerprint density at radius 3 is 2.83 bits per heavy atom. The lowest BCUT2D eigenvalue weighted by Crippen LogP contribution is -2.60. The number of nitrogens with one attached hydrogen (secondary N) is 1. The summed E-state index contributed by atoms with van der Waals surface area (Å²) < 4.78 is 3.39. The molecule has 7 nitrogen and oxygen atoms in total. The number of amides is 1. The molecule has 0 saturated carbocycles. The van der Waals surface area contributed by atoms with Gasteiger partial charge in [0.25, 0.3) is 6.17 Å². The van der Waals surface area contributed by atoms with Crippen molar-refractivity contribution in [1.29, 1.82) is 0 Å². The Labute approximate surface area is 104 Å². The van der Waals surface area contributed by atoms with E-state index in [-0.39, 0.29) is 13.2 Å². The number of allylic oxidation sites excluding steroid dienone is 2. The van der Waals surface area contributed by atoms with Gasteiger partial charge in [0, 0.05) is 0 Å². The molecule has 1 heterocycles. The van der Waals surface area contributed by atoms with E-state index in [4.69, 9.17) is 5.11 Å². The van der Waals surface area contributed by atoms with Crippen LogP contribution in [0.1, 0.15) is 0 Å². The van der Waals surface area contributed by atoms with Gasteiger partial charge in [0.1, 0.15) is 13.2 Å². The third-order valence-electron chi connectivity index (χ3n) is 2.23. The average molecular weight is 254 g/mol. The van der Waals surface area contributed by atoms with E-state index in [9.17, 15) is 14.8 Å². The summed E-state index contributed by atoms with van der Waals surface area (Å²) in [5, 5.41) is 23.2. The van der Waals surface area contributed by atoms with Crippen molar-refractivity contribution >= 4 is 12.1 Å². The Balaban J connectivity index is 2.74. The third kappa shape index (κ3) is 3.44. The minimum Gasteiger partial charge on any atom is -0.626 e. The van der Waals surface area contributed by atoms with Crippen molar-refractivity contribution in [1.82, 2.24) is 5.32 Å². The maximum absolute atomic E-state index is 12.2. The minimum absolute atomic E-state index is 0.0627. The quantitative estimate of drug-likeness (QED) is 0.427. The van der Waals surface area contributed by atoms with Crippen LogP contribution < -0.4 is 5.32 Å². The Morgan fingerprint density at radius 1 is 1.61 bits per heavy atom. The van der Waals surface area contributed by atoms with Gasteiger partial charge in [-0.1, -0.05) is 18.7 Å². The van der Waals surface area contributed by atoms with Gasteiger partial charge in [-0.2, -0.15) is 0 Å². The van der Waals surface area contributed by atoms with Crippen LogP contribution >= 0.6 is 0 Å². The molecule has 7 heteroatoms. The summed E-state index contributed by atoms with van der Waals surface area (Å²) in [5.41, 5.74) is 0. The smallest absolute Gasteiger partial charge is 0.412 e. The highest BCUT2D eigenvalue weighted by atomic mass is 16.6. The monoisotopic (exact) mass is 254 g/mol. The van der Waals surface area contributed by atoms with Gasteiger partial charge in [-0.25, -0.2) is 9.59 Å². The summed E-state index contributed by atoms with van der Waals surface area (Å²) in [5.74, 6) is -1.43. The number of carboxylic acids is 1. The molecule has 0 fully saturated rings. The second kappa shape index (κ2) is 5.99. The predicted octanol–water partition coefficient (Wildman–Crippen LogP) is 0.707. The van der Waals surface area contributed by atoms with Crippen molar-refractivity contribution in [3.8, 4) is 0 Å². The number of carbonyl (C=O) groups excluding carboxylic acids is 1. The molecule has 0 aliphatic carbocycles. The topological polar surface area (TPSA) is 98.7 Å². The van der Waals surface area contributed by atoms with Crippen LogP contribution in [0.2, 0.25) is 0 Å². The molecule has 0 aromatic carbocycles. The van der Waals surface area contributed by atoms with Gasteiger partial charge in [-0.15, -0.1) is 0 Å². The standard InChI is InChI=1S/C11H14N2O5/c1-2-8-18-11(16)12-9(10(14)15)13(17)6-4-3-5-7-13/h2-6,9H,1,7-8H2,(H,12,16)(H,14,15). The molecule has 2 atom stereocenters. The number of quaternary nitrogens is 1. The molecule has 1 rings (SSSR count). The second-order valence-corrected chi connectivity index (χ2v) is 3.58.